The van der Waals surface area contributed by atoms with Crippen LogP contribution in [0.2, 0.25) is 0 Å². The second-order valence-electron chi connectivity index (χ2n) is 4.78. The van der Waals surface area contributed by atoms with Crippen molar-refractivity contribution in [2.75, 3.05) is 0 Å². The van der Waals surface area contributed by atoms with Gasteiger partial charge in [-0.25, -0.2) is 0 Å². The van der Waals surface area contributed by atoms with Crippen molar-refractivity contribution in [1.29, 1.82) is 0 Å². The van der Waals surface area contributed by atoms with Crippen molar-refractivity contribution < 1.29 is 22.3 Å². The topological polar surface area (TPSA) is 9.23 Å². The van der Waals surface area contributed by atoms with E-state index in [1.165, 1.54) is 24.6 Å². The Labute approximate surface area is 116 Å². The summed E-state index contributed by atoms with van der Waals surface area (Å²) >= 11 is 0. The molecule has 20 heavy (non-hydrogen) atoms. The van der Waals surface area contributed by atoms with E-state index >= 15 is 0 Å². The van der Waals surface area contributed by atoms with E-state index in [0.717, 1.165) is 37.7 Å². The summed E-state index contributed by atoms with van der Waals surface area (Å²) in [5, 5.41) is 0. The molecule has 0 aliphatic rings. The average molecular weight is 292 g/mol. The van der Waals surface area contributed by atoms with Crippen LogP contribution in [0.4, 0.5) is 17.6 Å². The normalized spacial score (nSPS) is 11.9. The fourth-order valence-electron chi connectivity index (χ4n) is 1.90. The number of alkyl halides is 4. The predicted molar refractivity (Wildman–Crippen MR) is 70.5 cm³/mol. The first-order valence-corrected chi connectivity index (χ1v) is 6.89. The molecule has 1 rings (SSSR count). The van der Waals surface area contributed by atoms with Crippen LogP contribution in [-0.2, 0) is 6.42 Å². The molecule has 5 heteroatoms. The van der Waals surface area contributed by atoms with Gasteiger partial charge in [0.15, 0.2) is 0 Å². The summed E-state index contributed by atoms with van der Waals surface area (Å²) in [5.41, 5.74) is 0.823. The minimum atomic E-state index is -4.44. The van der Waals surface area contributed by atoms with Crippen molar-refractivity contribution in [3.63, 3.8) is 0 Å². The van der Waals surface area contributed by atoms with Gasteiger partial charge in [-0.05, 0) is 30.5 Å². The number of unbranched alkanes of at least 4 members (excludes halogenated alkanes) is 4. The Morgan fingerprint density at radius 2 is 1.80 bits per heavy atom. The fourth-order valence-corrected chi connectivity index (χ4v) is 1.90. The summed E-state index contributed by atoms with van der Waals surface area (Å²) in [5.74, 6) is -0.221. The smallest absolute Gasteiger partial charge is 0.428 e. The molecular formula is C15H20F4O. The van der Waals surface area contributed by atoms with Crippen molar-refractivity contribution in [2.24, 2.45) is 0 Å². The summed E-state index contributed by atoms with van der Waals surface area (Å²) in [7, 11) is 0. The van der Waals surface area contributed by atoms with Crippen molar-refractivity contribution in [3.05, 3.63) is 29.8 Å². The van der Waals surface area contributed by atoms with E-state index in [1.54, 1.807) is 6.07 Å². The van der Waals surface area contributed by atoms with Crippen LogP contribution < -0.4 is 4.74 Å². The zero-order chi connectivity index (χ0) is 15.0. The third-order valence-electron chi connectivity index (χ3n) is 2.98. The molecule has 0 heterocycles. The summed E-state index contributed by atoms with van der Waals surface area (Å²) in [6, 6.07) is 5.98. The molecule has 0 spiro atoms. The third kappa shape index (κ3) is 5.80. The van der Waals surface area contributed by atoms with Gasteiger partial charge in [-0.15, -0.1) is 0 Å². The summed E-state index contributed by atoms with van der Waals surface area (Å²) in [4.78, 5) is 0. The lowest BCUT2D eigenvalue weighted by atomic mass is 10.1. The third-order valence-corrected chi connectivity index (χ3v) is 2.98. The summed E-state index contributed by atoms with van der Waals surface area (Å²) < 4.78 is 53.7. The lowest BCUT2D eigenvalue weighted by Crippen LogP contribution is -2.33. The van der Waals surface area contributed by atoms with E-state index in [4.69, 9.17) is 0 Å². The van der Waals surface area contributed by atoms with E-state index in [9.17, 15) is 17.6 Å². The summed E-state index contributed by atoms with van der Waals surface area (Å²) in [6.07, 6.45) is -2.02. The maximum Gasteiger partial charge on any atom is 0.461 e. The molecule has 114 valence electrons. The minimum Gasteiger partial charge on any atom is -0.428 e. The highest BCUT2D eigenvalue weighted by Crippen LogP contribution is 2.28. The molecule has 1 aromatic rings. The summed E-state index contributed by atoms with van der Waals surface area (Å²) in [6.45, 7) is 2.13. The van der Waals surface area contributed by atoms with Gasteiger partial charge in [-0.2, -0.15) is 17.6 Å². The number of ether oxygens (including phenoxy) is 1. The molecular weight excluding hydrogens is 272 g/mol. The molecule has 1 aromatic carbocycles. The Morgan fingerprint density at radius 3 is 2.45 bits per heavy atom. The highest BCUT2D eigenvalue weighted by atomic mass is 19.3. The predicted octanol–water partition coefficient (Wildman–Crippen LogP) is 5.44. The average Bonchev–Trinajstić information content (AvgIpc) is 2.38. The van der Waals surface area contributed by atoms with Gasteiger partial charge in [0.2, 0.25) is 0 Å². The standard InChI is InChI=1S/C15H20F4O/c1-2-3-4-5-6-8-12-9-7-10-13(11-12)20-15(18,19)14(16)17/h7,9-11,14H,2-6,8H2,1H3. The number of benzene rings is 1. The van der Waals surface area contributed by atoms with Crippen LogP contribution >= 0.6 is 0 Å². The molecule has 0 bridgehead atoms. The van der Waals surface area contributed by atoms with Gasteiger partial charge < -0.3 is 4.74 Å². The molecule has 0 unspecified atom stereocenters. The van der Waals surface area contributed by atoms with Gasteiger partial charge >= 0.3 is 12.5 Å². The minimum absolute atomic E-state index is 0.221. The number of hydrogen-bond acceptors (Lipinski definition) is 1. The Morgan fingerprint density at radius 1 is 1.10 bits per heavy atom. The van der Waals surface area contributed by atoms with Gasteiger partial charge in [0, 0.05) is 0 Å². The van der Waals surface area contributed by atoms with Gasteiger partial charge in [-0.1, -0.05) is 44.7 Å². The monoisotopic (exact) mass is 292 g/mol. The molecule has 0 saturated carbocycles. The number of rotatable bonds is 9. The van der Waals surface area contributed by atoms with Crippen molar-refractivity contribution in [2.45, 2.75) is 58.0 Å². The van der Waals surface area contributed by atoms with E-state index in [-0.39, 0.29) is 5.75 Å². The van der Waals surface area contributed by atoms with Gasteiger partial charge in [0.1, 0.15) is 5.75 Å². The Balaban J connectivity index is 2.49. The van der Waals surface area contributed by atoms with Gasteiger partial charge in [0.25, 0.3) is 0 Å². The van der Waals surface area contributed by atoms with Crippen molar-refractivity contribution in [3.8, 4) is 5.75 Å². The molecule has 0 N–H and O–H groups in total. The lowest BCUT2D eigenvalue weighted by Gasteiger charge is -2.17. The second kappa shape index (κ2) is 8.12. The second-order valence-corrected chi connectivity index (χ2v) is 4.78. The number of aryl methyl sites for hydroxylation is 1. The van der Waals surface area contributed by atoms with Crippen LogP contribution in [-0.4, -0.2) is 12.5 Å². The maximum atomic E-state index is 12.8. The molecule has 1 nitrogen and oxygen atoms in total. The van der Waals surface area contributed by atoms with Crippen LogP contribution in [0.1, 0.15) is 44.6 Å². The molecule has 0 saturated heterocycles. The molecule has 0 aromatic heterocycles. The first kappa shape index (κ1) is 16.8. The lowest BCUT2D eigenvalue weighted by molar-refractivity contribution is -0.253. The van der Waals surface area contributed by atoms with Crippen LogP contribution in [0.25, 0.3) is 0 Å². The highest BCUT2D eigenvalue weighted by molar-refractivity contribution is 5.28. The van der Waals surface area contributed by atoms with E-state index in [1.807, 2.05) is 0 Å². The van der Waals surface area contributed by atoms with E-state index in [0.29, 0.717) is 0 Å². The van der Waals surface area contributed by atoms with Crippen LogP contribution in [0.5, 0.6) is 5.75 Å². The van der Waals surface area contributed by atoms with Crippen LogP contribution in [0.3, 0.4) is 0 Å². The van der Waals surface area contributed by atoms with Gasteiger partial charge in [0.05, 0.1) is 0 Å². The maximum absolute atomic E-state index is 12.8. The Bertz CT molecular complexity index is 393. The first-order valence-electron chi connectivity index (χ1n) is 6.89. The van der Waals surface area contributed by atoms with Crippen LogP contribution in [0.15, 0.2) is 24.3 Å². The van der Waals surface area contributed by atoms with Crippen LogP contribution in [0, 0.1) is 0 Å². The molecule has 0 fully saturated rings. The molecule has 0 amide bonds. The zero-order valence-corrected chi connectivity index (χ0v) is 11.5. The van der Waals surface area contributed by atoms with Crippen molar-refractivity contribution in [1.82, 2.24) is 0 Å². The van der Waals surface area contributed by atoms with Gasteiger partial charge in [-0.3, -0.25) is 0 Å². The largest absolute Gasteiger partial charge is 0.461 e. The molecule has 0 aliphatic carbocycles. The molecule has 0 aliphatic heterocycles. The number of hydrogen-bond donors (Lipinski definition) is 0. The SMILES string of the molecule is CCCCCCCc1cccc(OC(F)(F)C(F)F)c1. The first-order chi connectivity index (χ1) is 9.45. The Hall–Kier alpha value is -1.26. The Kier molecular flexibility index (Phi) is 6.82. The number of halogens is 4. The van der Waals surface area contributed by atoms with E-state index in [2.05, 4.69) is 11.7 Å². The van der Waals surface area contributed by atoms with Crippen molar-refractivity contribution >= 4 is 0 Å². The zero-order valence-electron chi connectivity index (χ0n) is 11.5. The van der Waals surface area contributed by atoms with E-state index < -0.39 is 12.5 Å². The molecule has 0 atom stereocenters. The highest BCUT2D eigenvalue weighted by Gasteiger charge is 2.43. The quantitative estimate of drug-likeness (QED) is 0.435. The fraction of sp³-hybridized carbons (Fsp3) is 0.600. The molecule has 0 radical (unpaired) electrons.